The molecular weight excluding hydrogens is 307 g/mol. The smallest absolute Gasteiger partial charge is 0.267 e. The van der Waals surface area contributed by atoms with Gasteiger partial charge < -0.3 is 0 Å². The second-order valence-corrected chi connectivity index (χ2v) is 5.11. The number of nitrogens with one attached hydrogen (secondary N) is 1. The maximum Gasteiger partial charge on any atom is 0.282 e. The van der Waals surface area contributed by atoms with Gasteiger partial charge in [0.1, 0.15) is 11.4 Å². The SMILES string of the molecule is O=C1NN(c2cccc(Cl)c2)C(=O)/C1=C/c1ccc(F)cc1. The first-order valence-electron chi connectivity index (χ1n) is 6.43. The lowest BCUT2D eigenvalue weighted by molar-refractivity contribution is -0.117. The van der Waals surface area contributed by atoms with Crippen molar-refractivity contribution in [2.75, 3.05) is 5.01 Å². The summed E-state index contributed by atoms with van der Waals surface area (Å²) in [6.07, 6.45) is 1.42. The Labute approximate surface area is 130 Å². The van der Waals surface area contributed by atoms with Crippen LogP contribution >= 0.6 is 11.6 Å². The van der Waals surface area contributed by atoms with Gasteiger partial charge in [0, 0.05) is 5.02 Å². The highest BCUT2D eigenvalue weighted by Gasteiger charge is 2.34. The fourth-order valence-electron chi connectivity index (χ4n) is 2.08. The van der Waals surface area contributed by atoms with Gasteiger partial charge in [0.25, 0.3) is 11.8 Å². The Morgan fingerprint density at radius 3 is 2.50 bits per heavy atom. The molecule has 4 nitrogen and oxygen atoms in total. The Morgan fingerprint density at radius 1 is 1.09 bits per heavy atom. The largest absolute Gasteiger partial charge is 0.282 e. The molecule has 0 radical (unpaired) electrons. The summed E-state index contributed by atoms with van der Waals surface area (Å²) in [4.78, 5) is 24.3. The van der Waals surface area contributed by atoms with Gasteiger partial charge in [-0.25, -0.2) is 9.40 Å². The average Bonchev–Trinajstić information content (AvgIpc) is 2.77. The zero-order valence-corrected chi connectivity index (χ0v) is 12.0. The summed E-state index contributed by atoms with van der Waals surface area (Å²) < 4.78 is 12.9. The van der Waals surface area contributed by atoms with Gasteiger partial charge in [-0.05, 0) is 42.0 Å². The molecule has 110 valence electrons. The van der Waals surface area contributed by atoms with Crippen LogP contribution in [0.3, 0.4) is 0 Å². The fraction of sp³-hybridized carbons (Fsp3) is 0. The van der Waals surface area contributed by atoms with Gasteiger partial charge in [-0.15, -0.1) is 0 Å². The Balaban J connectivity index is 1.93. The highest BCUT2D eigenvalue weighted by Crippen LogP contribution is 2.24. The molecule has 1 fully saturated rings. The molecule has 2 aromatic carbocycles. The zero-order chi connectivity index (χ0) is 15.7. The van der Waals surface area contributed by atoms with E-state index in [0.717, 1.165) is 5.01 Å². The lowest BCUT2D eigenvalue weighted by Gasteiger charge is -2.14. The second-order valence-electron chi connectivity index (χ2n) is 4.67. The third-order valence-corrected chi connectivity index (χ3v) is 3.37. The number of nitrogens with zero attached hydrogens (tertiary/aromatic N) is 1. The Hall–Kier alpha value is -2.66. The number of amides is 2. The van der Waals surface area contributed by atoms with Crippen molar-refractivity contribution >= 4 is 35.2 Å². The zero-order valence-electron chi connectivity index (χ0n) is 11.2. The van der Waals surface area contributed by atoms with Crippen LogP contribution < -0.4 is 10.4 Å². The monoisotopic (exact) mass is 316 g/mol. The van der Waals surface area contributed by atoms with Crippen molar-refractivity contribution in [3.8, 4) is 0 Å². The van der Waals surface area contributed by atoms with E-state index >= 15 is 0 Å². The molecule has 6 heteroatoms. The summed E-state index contributed by atoms with van der Waals surface area (Å²) in [5.74, 6) is -1.39. The normalized spacial score (nSPS) is 16.3. The molecule has 0 saturated carbocycles. The van der Waals surface area contributed by atoms with Crippen molar-refractivity contribution in [3.05, 3.63) is 70.5 Å². The van der Waals surface area contributed by atoms with Crippen LogP contribution in [0.15, 0.2) is 54.1 Å². The Bertz CT molecular complexity index is 787. The number of hydrogen-bond donors (Lipinski definition) is 1. The van der Waals surface area contributed by atoms with Gasteiger partial charge in [-0.1, -0.05) is 29.8 Å². The molecule has 0 atom stereocenters. The predicted octanol–water partition coefficient (Wildman–Crippen LogP) is 2.94. The third-order valence-electron chi connectivity index (χ3n) is 3.14. The van der Waals surface area contributed by atoms with Crippen LogP contribution in [-0.4, -0.2) is 11.8 Å². The molecule has 3 rings (SSSR count). The van der Waals surface area contributed by atoms with Crippen molar-refractivity contribution in [1.82, 2.24) is 5.43 Å². The minimum Gasteiger partial charge on any atom is -0.267 e. The fourth-order valence-corrected chi connectivity index (χ4v) is 2.26. The van der Waals surface area contributed by atoms with Gasteiger partial charge in [0.15, 0.2) is 0 Å². The van der Waals surface area contributed by atoms with Gasteiger partial charge in [0.05, 0.1) is 5.69 Å². The summed E-state index contributed by atoms with van der Waals surface area (Å²) in [5, 5.41) is 1.58. The molecule has 0 aliphatic carbocycles. The van der Waals surface area contributed by atoms with Crippen LogP contribution in [0.5, 0.6) is 0 Å². The van der Waals surface area contributed by atoms with E-state index < -0.39 is 11.8 Å². The standard InChI is InChI=1S/C16H10ClFN2O2/c17-11-2-1-3-13(9-11)20-16(22)14(15(21)19-20)8-10-4-6-12(18)7-5-10/h1-9H,(H,19,21)/b14-8+. The van der Waals surface area contributed by atoms with Crippen molar-refractivity contribution < 1.29 is 14.0 Å². The maximum atomic E-state index is 12.9. The van der Waals surface area contributed by atoms with Crippen molar-refractivity contribution in [1.29, 1.82) is 0 Å². The molecule has 0 spiro atoms. The average molecular weight is 317 g/mol. The van der Waals surface area contributed by atoms with Gasteiger partial charge in [-0.3, -0.25) is 15.0 Å². The summed E-state index contributed by atoms with van der Waals surface area (Å²) >= 11 is 5.89. The number of hydrazine groups is 1. The third kappa shape index (κ3) is 2.71. The van der Waals surface area contributed by atoms with Crippen LogP contribution in [0, 0.1) is 5.82 Å². The van der Waals surface area contributed by atoms with Crippen LogP contribution in [-0.2, 0) is 9.59 Å². The molecule has 1 saturated heterocycles. The molecule has 1 aliphatic rings. The van der Waals surface area contributed by atoms with Crippen LogP contribution in [0.4, 0.5) is 10.1 Å². The molecule has 1 heterocycles. The molecule has 2 amide bonds. The maximum absolute atomic E-state index is 12.9. The molecule has 22 heavy (non-hydrogen) atoms. The number of halogens is 2. The lowest BCUT2D eigenvalue weighted by atomic mass is 10.1. The van der Waals surface area contributed by atoms with Crippen LogP contribution in [0.2, 0.25) is 5.02 Å². The molecule has 2 aromatic rings. The summed E-state index contributed by atoms with van der Waals surface area (Å²) in [7, 11) is 0. The minimum absolute atomic E-state index is 0.0217. The van der Waals surface area contributed by atoms with Crippen molar-refractivity contribution in [3.63, 3.8) is 0 Å². The van der Waals surface area contributed by atoms with E-state index in [1.54, 1.807) is 24.3 Å². The highest BCUT2D eigenvalue weighted by atomic mass is 35.5. The summed E-state index contributed by atoms with van der Waals surface area (Å²) in [5.41, 5.74) is 3.48. The van der Waals surface area contributed by atoms with E-state index in [1.807, 2.05) is 0 Å². The van der Waals surface area contributed by atoms with E-state index in [-0.39, 0.29) is 11.4 Å². The van der Waals surface area contributed by atoms with E-state index in [0.29, 0.717) is 16.3 Å². The van der Waals surface area contributed by atoms with Crippen LogP contribution in [0.1, 0.15) is 5.56 Å². The highest BCUT2D eigenvalue weighted by molar-refractivity contribution is 6.33. The topological polar surface area (TPSA) is 49.4 Å². The van der Waals surface area contributed by atoms with Crippen molar-refractivity contribution in [2.45, 2.75) is 0 Å². The predicted molar refractivity (Wildman–Crippen MR) is 81.5 cm³/mol. The van der Waals surface area contributed by atoms with E-state index in [2.05, 4.69) is 5.43 Å². The second kappa shape index (κ2) is 5.61. The van der Waals surface area contributed by atoms with Gasteiger partial charge in [-0.2, -0.15) is 0 Å². The van der Waals surface area contributed by atoms with Gasteiger partial charge >= 0.3 is 0 Å². The number of hydrogen-bond acceptors (Lipinski definition) is 2. The molecule has 0 unspecified atom stereocenters. The molecule has 1 N–H and O–H groups in total. The minimum atomic E-state index is -0.519. The van der Waals surface area contributed by atoms with E-state index in [9.17, 15) is 14.0 Å². The van der Waals surface area contributed by atoms with Crippen LogP contribution in [0.25, 0.3) is 6.08 Å². The Kier molecular flexibility index (Phi) is 3.65. The lowest BCUT2D eigenvalue weighted by Crippen LogP contribution is -2.35. The Morgan fingerprint density at radius 2 is 1.82 bits per heavy atom. The first-order chi connectivity index (χ1) is 10.5. The number of rotatable bonds is 2. The first kappa shape index (κ1) is 14.3. The molecule has 0 bridgehead atoms. The van der Waals surface area contributed by atoms with Gasteiger partial charge in [0.2, 0.25) is 0 Å². The molecule has 0 aromatic heterocycles. The number of anilines is 1. The van der Waals surface area contributed by atoms with Crippen molar-refractivity contribution in [2.24, 2.45) is 0 Å². The quantitative estimate of drug-likeness (QED) is 0.684. The van der Waals surface area contributed by atoms with E-state index in [1.165, 1.54) is 30.3 Å². The number of benzene rings is 2. The summed E-state index contributed by atoms with van der Waals surface area (Å²) in [6, 6.07) is 12.1. The van der Waals surface area contributed by atoms with E-state index in [4.69, 9.17) is 11.6 Å². The molecular formula is C16H10ClFN2O2. The number of carbonyl (C=O) groups is 2. The molecule has 1 aliphatic heterocycles. The number of carbonyl (C=O) groups excluding carboxylic acids is 2. The summed E-state index contributed by atoms with van der Waals surface area (Å²) in [6.45, 7) is 0. The first-order valence-corrected chi connectivity index (χ1v) is 6.81.